The number of rotatable bonds is 6. The van der Waals surface area contributed by atoms with E-state index < -0.39 is 0 Å². The number of carbonyl (C=O) groups excluding carboxylic acids is 2. The summed E-state index contributed by atoms with van der Waals surface area (Å²) in [6.07, 6.45) is 0.419. The van der Waals surface area contributed by atoms with Crippen molar-refractivity contribution in [2.75, 3.05) is 12.4 Å². The lowest BCUT2D eigenvalue weighted by Gasteiger charge is -2.08. The Morgan fingerprint density at radius 1 is 1.11 bits per heavy atom. The van der Waals surface area contributed by atoms with Gasteiger partial charge in [0.25, 0.3) is 5.91 Å². The standard InChI is InChI=1S/C19H16Cl2N4O3/c1-22-19(27)14-10-13(6-7-15(14)21)23-16(26)8-9-17-24-18(25-28-17)11-2-4-12(20)5-3-11/h2-7,10H,8-9H2,1H3,(H,22,27)(H,23,26). The van der Waals surface area contributed by atoms with Crippen molar-refractivity contribution in [2.24, 2.45) is 0 Å². The second kappa shape index (κ2) is 8.86. The van der Waals surface area contributed by atoms with E-state index in [-0.39, 0.29) is 30.2 Å². The molecule has 0 atom stereocenters. The second-order valence-corrected chi connectivity index (χ2v) is 6.68. The SMILES string of the molecule is CNC(=O)c1cc(NC(=O)CCc2nc(-c3ccc(Cl)cc3)no2)ccc1Cl. The van der Waals surface area contributed by atoms with Gasteiger partial charge in [0.2, 0.25) is 17.6 Å². The van der Waals surface area contributed by atoms with E-state index in [1.54, 1.807) is 36.4 Å². The molecule has 3 aromatic rings. The van der Waals surface area contributed by atoms with Crippen LogP contribution >= 0.6 is 23.2 Å². The number of hydrogen-bond acceptors (Lipinski definition) is 5. The Bertz CT molecular complexity index is 1000. The number of benzene rings is 2. The van der Waals surface area contributed by atoms with Gasteiger partial charge in [-0.1, -0.05) is 28.4 Å². The third-order valence-corrected chi connectivity index (χ3v) is 4.44. The van der Waals surface area contributed by atoms with Gasteiger partial charge in [0, 0.05) is 36.2 Å². The van der Waals surface area contributed by atoms with Gasteiger partial charge in [-0.25, -0.2) is 0 Å². The highest BCUT2D eigenvalue weighted by Gasteiger charge is 2.13. The number of nitrogens with zero attached hydrogens (tertiary/aromatic N) is 2. The van der Waals surface area contributed by atoms with Gasteiger partial charge < -0.3 is 15.2 Å². The third kappa shape index (κ3) is 4.88. The first-order valence-corrected chi connectivity index (χ1v) is 9.12. The molecule has 0 saturated carbocycles. The number of carbonyl (C=O) groups is 2. The van der Waals surface area contributed by atoms with Crippen molar-refractivity contribution < 1.29 is 14.1 Å². The largest absolute Gasteiger partial charge is 0.355 e. The molecule has 1 heterocycles. The minimum absolute atomic E-state index is 0.139. The van der Waals surface area contributed by atoms with Crippen LogP contribution in [0.25, 0.3) is 11.4 Å². The van der Waals surface area contributed by atoms with Crippen molar-refractivity contribution >= 4 is 40.7 Å². The Morgan fingerprint density at radius 2 is 1.86 bits per heavy atom. The molecule has 144 valence electrons. The van der Waals surface area contributed by atoms with Gasteiger partial charge in [-0.15, -0.1) is 0 Å². The zero-order valence-corrected chi connectivity index (χ0v) is 16.3. The van der Waals surface area contributed by atoms with Crippen LogP contribution in [0.15, 0.2) is 47.0 Å². The zero-order chi connectivity index (χ0) is 20.1. The summed E-state index contributed by atoms with van der Waals surface area (Å²) in [4.78, 5) is 28.2. The van der Waals surface area contributed by atoms with E-state index in [2.05, 4.69) is 20.8 Å². The first kappa shape index (κ1) is 19.9. The molecule has 3 rings (SSSR count). The summed E-state index contributed by atoms with van der Waals surface area (Å²) < 4.78 is 5.19. The Balaban J connectivity index is 1.59. The van der Waals surface area contributed by atoms with Crippen LogP contribution in [0.2, 0.25) is 10.0 Å². The molecule has 0 saturated heterocycles. The summed E-state index contributed by atoms with van der Waals surface area (Å²) in [5, 5.41) is 10.0. The van der Waals surface area contributed by atoms with E-state index in [9.17, 15) is 9.59 Å². The lowest BCUT2D eigenvalue weighted by atomic mass is 10.1. The molecule has 0 radical (unpaired) electrons. The number of halogens is 2. The molecule has 28 heavy (non-hydrogen) atoms. The molecule has 1 aromatic heterocycles. The van der Waals surface area contributed by atoms with Crippen LogP contribution in [0.4, 0.5) is 5.69 Å². The van der Waals surface area contributed by atoms with Gasteiger partial charge in [0.15, 0.2) is 0 Å². The van der Waals surface area contributed by atoms with Crippen molar-refractivity contribution in [1.82, 2.24) is 15.5 Å². The molecule has 0 aliphatic rings. The van der Waals surface area contributed by atoms with Crippen LogP contribution in [0.5, 0.6) is 0 Å². The minimum atomic E-state index is -0.332. The van der Waals surface area contributed by atoms with Crippen LogP contribution < -0.4 is 10.6 Å². The molecule has 0 aliphatic heterocycles. The van der Waals surface area contributed by atoms with Gasteiger partial charge >= 0.3 is 0 Å². The molecule has 0 unspecified atom stereocenters. The molecule has 7 nitrogen and oxygen atoms in total. The van der Waals surface area contributed by atoms with E-state index in [0.717, 1.165) is 5.56 Å². The number of aryl methyl sites for hydroxylation is 1. The Hall–Kier alpha value is -2.90. The Morgan fingerprint density at radius 3 is 2.57 bits per heavy atom. The fourth-order valence-corrected chi connectivity index (χ4v) is 2.76. The molecule has 0 spiro atoms. The second-order valence-electron chi connectivity index (χ2n) is 5.84. The third-order valence-electron chi connectivity index (χ3n) is 3.86. The van der Waals surface area contributed by atoms with Gasteiger partial charge in [-0.2, -0.15) is 4.98 Å². The molecular formula is C19H16Cl2N4O3. The summed E-state index contributed by atoms with van der Waals surface area (Å²) in [5.74, 6) is 0.195. The lowest BCUT2D eigenvalue weighted by Crippen LogP contribution is -2.19. The molecule has 2 aromatic carbocycles. The molecule has 0 bridgehead atoms. The lowest BCUT2D eigenvalue weighted by molar-refractivity contribution is -0.116. The van der Waals surface area contributed by atoms with Crippen molar-refractivity contribution in [1.29, 1.82) is 0 Å². The maximum Gasteiger partial charge on any atom is 0.252 e. The average Bonchev–Trinajstić information content (AvgIpc) is 3.17. The Labute approximate surface area is 171 Å². The number of anilines is 1. The highest BCUT2D eigenvalue weighted by Crippen LogP contribution is 2.21. The number of nitrogens with one attached hydrogen (secondary N) is 2. The fraction of sp³-hybridized carbons (Fsp3) is 0.158. The highest BCUT2D eigenvalue weighted by molar-refractivity contribution is 6.34. The van der Waals surface area contributed by atoms with Crippen LogP contribution in [0.3, 0.4) is 0 Å². The predicted molar refractivity (Wildman–Crippen MR) is 107 cm³/mol. The van der Waals surface area contributed by atoms with Crippen molar-refractivity contribution in [3.63, 3.8) is 0 Å². The van der Waals surface area contributed by atoms with E-state index >= 15 is 0 Å². The van der Waals surface area contributed by atoms with Crippen LogP contribution in [0.1, 0.15) is 22.7 Å². The maximum absolute atomic E-state index is 12.2. The number of amides is 2. The smallest absolute Gasteiger partial charge is 0.252 e. The van der Waals surface area contributed by atoms with Crippen molar-refractivity contribution in [3.05, 3.63) is 64.0 Å². The van der Waals surface area contributed by atoms with E-state index in [0.29, 0.717) is 27.4 Å². The molecule has 2 amide bonds. The first-order chi connectivity index (χ1) is 13.5. The predicted octanol–water partition coefficient (Wildman–Crippen LogP) is 3.97. The summed E-state index contributed by atoms with van der Waals surface area (Å²) >= 11 is 11.9. The zero-order valence-electron chi connectivity index (χ0n) is 14.8. The normalized spacial score (nSPS) is 10.5. The number of aromatic nitrogens is 2. The maximum atomic E-state index is 12.2. The Kier molecular flexibility index (Phi) is 6.28. The quantitative estimate of drug-likeness (QED) is 0.630. The van der Waals surface area contributed by atoms with Gasteiger partial charge in [-0.05, 0) is 42.5 Å². The van der Waals surface area contributed by atoms with Crippen LogP contribution in [0, 0.1) is 0 Å². The topological polar surface area (TPSA) is 97.1 Å². The van der Waals surface area contributed by atoms with Crippen molar-refractivity contribution in [2.45, 2.75) is 12.8 Å². The van der Waals surface area contributed by atoms with Gasteiger partial charge in [0.05, 0.1) is 10.6 Å². The summed E-state index contributed by atoms with van der Waals surface area (Å²) in [6.45, 7) is 0. The fourth-order valence-electron chi connectivity index (χ4n) is 2.43. The minimum Gasteiger partial charge on any atom is -0.355 e. The average molecular weight is 419 g/mol. The first-order valence-electron chi connectivity index (χ1n) is 8.36. The molecular weight excluding hydrogens is 403 g/mol. The number of hydrogen-bond donors (Lipinski definition) is 2. The molecule has 2 N–H and O–H groups in total. The van der Waals surface area contributed by atoms with E-state index in [4.69, 9.17) is 27.7 Å². The van der Waals surface area contributed by atoms with E-state index in [1.165, 1.54) is 13.1 Å². The van der Waals surface area contributed by atoms with E-state index in [1.807, 2.05) is 0 Å². The summed E-state index contributed by atoms with van der Waals surface area (Å²) in [7, 11) is 1.51. The van der Waals surface area contributed by atoms with Gasteiger partial charge in [-0.3, -0.25) is 9.59 Å². The van der Waals surface area contributed by atoms with Crippen LogP contribution in [-0.4, -0.2) is 29.0 Å². The molecule has 0 fully saturated rings. The summed E-state index contributed by atoms with van der Waals surface area (Å²) in [5.41, 5.74) is 1.53. The van der Waals surface area contributed by atoms with Gasteiger partial charge in [0.1, 0.15) is 0 Å². The monoisotopic (exact) mass is 418 g/mol. The molecule has 0 aliphatic carbocycles. The summed E-state index contributed by atoms with van der Waals surface area (Å²) in [6, 6.07) is 11.7. The van der Waals surface area contributed by atoms with Crippen molar-refractivity contribution in [3.8, 4) is 11.4 Å². The molecule has 9 heteroatoms. The highest BCUT2D eigenvalue weighted by atomic mass is 35.5. The van der Waals surface area contributed by atoms with Crippen LogP contribution in [-0.2, 0) is 11.2 Å².